The van der Waals surface area contributed by atoms with E-state index < -0.39 is 15.2 Å². The molecule has 0 spiro atoms. The summed E-state index contributed by atoms with van der Waals surface area (Å²) >= 11 is 0. The van der Waals surface area contributed by atoms with Gasteiger partial charge in [-0.3, -0.25) is 4.79 Å². The van der Waals surface area contributed by atoms with Gasteiger partial charge in [-0.2, -0.15) is 0 Å². The fourth-order valence-corrected chi connectivity index (χ4v) is 3.13. The Balaban J connectivity index is 1.68. The van der Waals surface area contributed by atoms with Gasteiger partial charge < -0.3 is 10.1 Å². The molecule has 7 heteroatoms. The summed E-state index contributed by atoms with van der Waals surface area (Å²) in [5, 5.41) is 2.90. The molecule has 1 unspecified atom stereocenters. The van der Waals surface area contributed by atoms with E-state index in [4.69, 9.17) is 15.4 Å². The number of carbonyl (C=O) groups excluding carboxylic acids is 1. The Morgan fingerprint density at radius 2 is 2.19 bits per heavy atom. The molecule has 5 nitrogen and oxygen atoms in total. The third kappa shape index (κ3) is 3.16. The van der Waals surface area contributed by atoms with Crippen LogP contribution >= 0.6 is 10.7 Å². The number of amides is 1. The molecule has 1 amide bonds. The highest BCUT2D eigenvalue weighted by Gasteiger charge is 2.38. The van der Waals surface area contributed by atoms with Gasteiger partial charge in [-0.25, -0.2) is 8.42 Å². The molecule has 3 rings (SSSR count). The van der Waals surface area contributed by atoms with E-state index in [0.29, 0.717) is 24.3 Å². The van der Waals surface area contributed by atoms with Crippen molar-refractivity contribution in [1.29, 1.82) is 0 Å². The summed E-state index contributed by atoms with van der Waals surface area (Å²) in [6, 6.07) is 4.39. The van der Waals surface area contributed by atoms with Gasteiger partial charge in [0.25, 0.3) is 15.0 Å². The molecule has 1 heterocycles. The van der Waals surface area contributed by atoms with Crippen LogP contribution in [0.3, 0.4) is 0 Å². The molecule has 1 N–H and O–H groups in total. The minimum absolute atomic E-state index is 0.0260. The van der Waals surface area contributed by atoms with Crippen LogP contribution in [0.1, 0.15) is 25.3 Å². The predicted octanol–water partition coefficient (Wildman–Crippen LogP) is 1.83. The van der Waals surface area contributed by atoms with Gasteiger partial charge in [0.1, 0.15) is 5.75 Å². The molecule has 1 aliphatic heterocycles. The van der Waals surface area contributed by atoms with Crippen molar-refractivity contribution in [3.8, 4) is 5.75 Å². The SMILES string of the molecule is CC1(CNC(=O)C2Cc3cc(S(=O)(=O)Cl)ccc3O2)CC1. The maximum Gasteiger partial charge on any atom is 0.261 e. The van der Waals surface area contributed by atoms with E-state index in [9.17, 15) is 13.2 Å². The van der Waals surface area contributed by atoms with Crippen LogP contribution < -0.4 is 10.1 Å². The van der Waals surface area contributed by atoms with Crippen LogP contribution in [-0.4, -0.2) is 27.0 Å². The average Bonchev–Trinajstić information content (AvgIpc) is 3.00. The van der Waals surface area contributed by atoms with Crippen LogP contribution in [0, 0.1) is 5.41 Å². The van der Waals surface area contributed by atoms with Gasteiger partial charge in [0.05, 0.1) is 4.90 Å². The fraction of sp³-hybridized carbons (Fsp3) is 0.500. The van der Waals surface area contributed by atoms with Gasteiger partial charge in [-0.1, -0.05) is 6.92 Å². The second-order valence-corrected chi connectivity index (χ2v) is 8.61. The van der Waals surface area contributed by atoms with Gasteiger partial charge in [0.15, 0.2) is 6.10 Å². The lowest BCUT2D eigenvalue weighted by Gasteiger charge is -2.14. The van der Waals surface area contributed by atoms with Gasteiger partial charge >= 0.3 is 0 Å². The number of hydrogen-bond donors (Lipinski definition) is 1. The lowest BCUT2D eigenvalue weighted by molar-refractivity contribution is -0.127. The first-order valence-electron chi connectivity index (χ1n) is 6.79. The Hall–Kier alpha value is -1.27. The van der Waals surface area contributed by atoms with Crippen LogP contribution in [-0.2, 0) is 20.3 Å². The van der Waals surface area contributed by atoms with Crippen LogP contribution in [0.2, 0.25) is 0 Å². The van der Waals surface area contributed by atoms with E-state index in [-0.39, 0.29) is 16.2 Å². The summed E-state index contributed by atoms with van der Waals surface area (Å²) in [6.07, 6.45) is 2.03. The number of fused-ring (bicyclic) bond motifs is 1. The highest BCUT2D eigenvalue weighted by molar-refractivity contribution is 8.13. The Bertz CT molecular complexity index is 697. The lowest BCUT2D eigenvalue weighted by atomic mass is 10.1. The molecule has 1 aromatic carbocycles. The average molecular weight is 330 g/mol. The fourth-order valence-electron chi connectivity index (χ4n) is 2.33. The first-order valence-corrected chi connectivity index (χ1v) is 9.10. The van der Waals surface area contributed by atoms with Crippen LogP contribution in [0.25, 0.3) is 0 Å². The number of carbonyl (C=O) groups is 1. The zero-order valence-electron chi connectivity index (χ0n) is 11.6. The molecule has 2 aliphatic rings. The molecule has 0 radical (unpaired) electrons. The van der Waals surface area contributed by atoms with Gasteiger partial charge in [0.2, 0.25) is 0 Å². The Labute approximate surface area is 128 Å². The monoisotopic (exact) mass is 329 g/mol. The van der Waals surface area contributed by atoms with Crippen LogP contribution in [0.4, 0.5) is 0 Å². The van der Waals surface area contributed by atoms with Gasteiger partial charge in [0, 0.05) is 23.6 Å². The highest BCUT2D eigenvalue weighted by Crippen LogP contribution is 2.44. The van der Waals surface area contributed by atoms with Gasteiger partial charge in [-0.15, -0.1) is 0 Å². The molecule has 21 heavy (non-hydrogen) atoms. The summed E-state index contributed by atoms with van der Waals surface area (Å²) in [5.74, 6) is 0.381. The molecule has 1 saturated carbocycles. The van der Waals surface area contributed by atoms with Gasteiger partial charge in [-0.05, 0) is 42.0 Å². The molecular weight excluding hydrogens is 314 g/mol. The molecule has 1 aromatic rings. The van der Waals surface area contributed by atoms with E-state index in [1.807, 2.05) is 0 Å². The smallest absolute Gasteiger partial charge is 0.261 e. The Kier molecular flexibility index (Phi) is 3.41. The van der Waals surface area contributed by atoms with Crippen molar-refractivity contribution >= 4 is 25.6 Å². The number of benzene rings is 1. The largest absolute Gasteiger partial charge is 0.480 e. The number of halogens is 1. The van der Waals surface area contributed by atoms with Crippen molar-refractivity contribution < 1.29 is 17.9 Å². The van der Waals surface area contributed by atoms with E-state index in [2.05, 4.69) is 12.2 Å². The molecule has 0 aromatic heterocycles. The molecule has 114 valence electrons. The zero-order valence-corrected chi connectivity index (χ0v) is 13.1. The summed E-state index contributed by atoms with van der Waals surface area (Å²) in [6.45, 7) is 2.79. The Morgan fingerprint density at radius 1 is 1.48 bits per heavy atom. The standard InChI is InChI=1S/C14H16ClNO4S/c1-14(4-5-14)8-16-13(17)12-7-9-6-10(21(15,18)19)2-3-11(9)20-12/h2-3,6,12H,4-5,7-8H2,1H3,(H,16,17). The second kappa shape index (κ2) is 4.88. The van der Waals surface area contributed by atoms with Crippen molar-refractivity contribution in [2.24, 2.45) is 5.41 Å². The van der Waals surface area contributed by atoms with E-state index in [1.54, 1.807) is 6.07 Å². The number of nitrogens with one attached hydrogen (secondary N) is 1. The third-order valence-corrected chi connectivity index (χ3v) is 5.42. The van der Waals surface area contributed by atoms with Crippen molar-refractivity contribution in [2.45, 2.75) is 37.2 Å². The molecule has 1 atom stereocenters. The van der Waals surface area contributed by atoms with Crippen molar-refractivity contribution in [3.05, 3.63) is 23.8 Å². The highest BCUT2D eigenvalue weighted by atomic mass is 35.7. The molecule has 0 bridgehead atoms. The molecule has 1 aliphatic carbocycles. The molecule has 1 fully saturated rings. The van der Waals surface area contributed by atoms with E-state index in [1.165, 1.54) is 12.1 Å². The maximum atomic E-state index is 12.1. The first kappa shape index (κ1) is 14.7. The topological polar surface area (TPSA) is 72.5 Å². The summed E-state index contributed by atoms with van der Waals surface area (Å²) in [5.41, 5.74) is 0.926. The van der Waals surface area contributed by atoms with E-state index >= 15 is 0 Å². The second-order valence-electron chi connectivity index (χ2n) is 6.05. The minimum Gasteiger partial charge on any atom is -0.480 e. The number of rotatable bonds is 4. The number of hydrogen-bond acceptors (Lipinski definition) is 4. The summed E-state index contributed by atoms with van der Waals surface area (Å²) < 4.78 is 28.2. The quantitative estimate of drug-likeness (QED) is 0.855. The first-order chi connectivity index (χ1) is 9.77. The lowest BCUT2D eigenvalue weighted by Crippen LogP contribution is -2.39. The minimum atomic E-state index is -3.77. The van der Waals surface area contributed by atoms with Crippen LogP contribution in [0.5, 0.6) is 5.75 Å². The number of ether oxygens (including phenoxy) is 1. The van der Waals surface area contributed by atoms with Crippen molar-refractivity contribution in [3.63, 3.8) is 0 Å². The van der Waals surface area contributed by atoms with Crippen LogP contribution in [0.15, 0.2) is 23.1 Å². The van der Waals surface area contributed by atoms with Crippen molar-refractivity contribution in [2.75, 3.05) is 6.54 Å². The normalized spacial score (nSPS) is 22.3. The predicted molar refractivity (Wildman–Crippen MR) is 78.0 cm³/mol. The molecule has 0 saturated heterocycles. The van der Waals surface area contributed by atoms with Crippen molar-refractivity contribution in [1.82, 2.24) is 5.32 Å². The third-order valence-electron chi connectivity index (χ3n) is 4.07. The summed E-state index contributed by atoms with van der Waals surface area (Å²) in [7, 11) is 1.55. The van der Waals surface area contributed by atoms with E-state index in [0.717, 1.165) is 12.8 Å². The zero-order chi connectivity index (χ0) is 15.3. The maximum absolute atomic E-state index is 12.1. The Morgan fingerprint density at radius 3 is 2.81 bits per heavy atom. The summed E-state index contributed by atoms with van der Waals surface area (Å²) in [4.78, 5) is 12.1. The molecular formula is C14H16ClNO4S.